The highest BCUT2D eigenvalue weighted by atomic mass is 35.5. The molecule has 7 heteroatoms. The van der Waals surface area contributed by atoms with Gasteiger partial charge in [-0.1, -0.05) is 17.7 Å². The van der Waals surface area contributed by atoms with Crippen LogP contribution in [0, 0.1) is 13.8 Å². The van der Waals surface area contributed by atoms with E-state index in [1.165, 1.54) is 0 Å². The molecule has 1 aromatic heterocycles. The molecular formula is C21H27ClN4O2. The van der Waals surface area contributed by atoms with Crippen molar-refractivity contribution in [1.82, 2.24) is 20.1 Å². The van der Waals surface area contributed by atoms with Gasteiger partial charge in [0.15, 0.2) is 0 Å². The molecule has 2 heterocycles. The van der Waals surface area contributed by atoms with Crippen LogP contribution in [0.15, 0.2) is 30.3 Å². The summed E-state index contributed by atoms with van der Waals surface area (Å²) in [4.78, 5) is 26.5. The smallest absolute Gasteiger partial charge is 0.253 e. The van der Waals surface area contributed by atoms with Crippen LogP contribution >= 0.6 is 11.6 Å². The van der Waals surface area contributed by atoms with Crippen molar-refractivity contribution in [1.29, 1.82) is 0 Å². The Morgan fingerprint density at radius 1 is 1.18 bits per heavy atom. The standard InChI is InChI=1S/C21H27ClN4O2/c1-14-11-19(15(2)26(14)18-6-4-5-16(22)12-18)21(28)24-17-7-9-25(10-8-17)13-20(27)23-3/h4-6,11-12,17H,7-10,13H2,1-3H3,(H,23,27)(H,24,28). The first-order chi connectivity index (χ1) is 13.4. The van der Waals surface area contributed by atoms with Crippen LogP contribution in [0.4, 0.5) is 0 Å². The Kier molecular flexibility index (Phi) is 6.42. The van der Waals surface area contributed by atoms with E-state index in [2.05, 4.69) is 15.5 Å². The Bertz CT molecular complexity index is 869. The zero-order valence-corrected chi connectivity index (χ0v) is 17.3. The van der Waals surface area contributed by atoms with Crippen LogP contribution in [0.3, 0.4) is 0 Å². The van der Waals surface area contributed by atoms with Crippen LogP contribution in [0.25, 0.3) is 5.69 Å². The molecule has 1 fully saturated rings. The van der Waals surface area contributed by atoms with Crippen molar-refractivity contribution < 1.29 is 9.59 Å². The molecule has 3 rings (SSSR count). The van der Waals surface area contributed by atoms with Crippen LogP contribution in [0.2, 0.25) is 5.02 Å². The van der Waals surface area contributed by atoms with Gasteiger partial charge in [-0.15, -0.1) is 0 Å². The number of aromatic nitrogens is 1. The van der Waals surface area contributed by atoms with E-state index in [-0.39, 0.29) is 17.9 Å². The number of halogens is 1. The average Bonchev–Trinajstić information content (AvgIpc) is 2.97. The molecule has 0 spiro atoms. The second-order valence-electron chi connectivity index (χ2n) is 7.30. The van der Waals surface area contributed by atoms with Gasteiger partial charge in [0, 0.05) is 48.3 Å². The van der Waals surface area contributed by atoms with E-state index < -0.39 is 0 Å². The molecule has 1 aromatic carbocycles. The number of nitrogens with zero attached hydrogens (tertiary/aromatic N) is 2. The number of aryl methyl sites for hydroxylation is 1. The number of hydrogen-bond acceptors (Lipinski definition) is 3. The summed E-state index contributed by atoms with van der Waals surface area (Å²) in [7, 11) is 1.65. The van der Waals surface area contributed by atoms with Gasteiger partial charge in [0.25, 0.3) is 5.91 Å². The summed E-state index contributed by atoms with van der Waals surface area (Å²) in [5, 5.41) is 6.47. The molecule has 2 N–H and O–H groups in total. The predicted molar refractivity (Wildman–Crippen MR) is 111 cm³/mol. The fourth-order valence-electron chi connectivity index (χ4n) is 3.79. The van der Waals surface area contributed by atoms with Crippen molar-refractivity contribution in [3.63, 3.8) is 0 Å². The molecule has 2 aromatic rings. The third-order valence-electron chi connectivity index (χ3n) is 5.31. The van der Waals surface area contributed by atoms with E-state index in [1.54, 1.807) is 7.05 Å². The van der Waals surface area contributed by atoms with Gasteiger partial charge in [-0.3, -0.25) is 14.5 Å². The first-order valence-corrected chi connectivity index (χ1v) is 9.95. The molecule has 1 aliphatic rings. The number of carbonyl (C=O) groups excluding carboxylic acids is 2. The molecule has 0 saturated carbocycles. The average molecular weight is 403 g/mol. The Hall–Kier alpha value is -2.31. The molecule has 1 aliphatic heterocycles. The van der Waals surface area contributed by atoms with Gasteiger partial charge in [0.1, 0.15) is 0 Å². The normalized spacial score (nSPS) is 15.4. The fraction of sp³-hybridized carbons (Fsp3) is 0.429. The minimum absolute atomic E-state index is 0.0240. The van der Waals surface area contributed by atoms with Gasteiger partial charge in [0.05, 0.1) is 12.1 Å². The minimum atomic E-state index is -0.0499. The van der Waals surface area contributed by atoms with Gasteiger partial charge < -0.3 is 15.2 Å². The zero-order valence-electron chi connectivity index (χ0n) is 16.6. The van der Waals surface area contributed by atoms with Crippen LogP contribution in [0.1, 0.15) is 34.6 Å². The van der Waals surface area contributed by atoms with Gasteiger partial charge in [-0.25, -0.2) is 0 Å². The molecule has 2 amide bonds. The van der Waals surface area contributed by atoms with Crippen LogP contribution in [0.5, 0.6) is 0 Å². The number of piperidine rings is 1. The van der Waals surface area contributed by atoms with E-state index in [1.807, 2.05) is 48.7 Å². The quantitative estimate of drug-likeness (QED) is 0.808. The Morgan fingerprint density at radius 3 is 2.54 bits per heavy atom. The largest absolute Gasteiger partial charge is 0.358 e. The van der Waals surface area contributed by atoms with Crippen LogP contribution in [-0.4, -0.2) is 54.0 Å². The van der Waals surface area contributed by atoms with Crippen molar-refractivity contribution in [2.75, 3.05) is 26.7 Å². The summed E-state index contributed by atoms with van der Waals surface area (Å²) in [6, 6.07) is 9.67. The first-order valence-electron chi connectivity index (χ1n) is 9.57. The maximum atomic E-state index is 12.9. The first kappa shape index (κ1) is 20.4. The second kappa shape index (κ2) is 8.80. The third-order valence-corrected chi connectivity index (χ3v) is 5.55. The Labute approximate surface area is 170 Å². The molecule has 28 heavy (non-hydrogen) atoms. The number of carbonyl (C=O) groups is 2. The van der Waals surface area contributed by atoms with Gasteiger partial charge >= 0.3 is 0 Å². The Morgan fingerprint density at radius 2 is 1.89 bits per heavy atom. The maximum Gasteiger partial charge on any atom is 0.253 e. The Balaban J connectivity index is 1.66. The van der Waals surface area contributed by atoms with Crippen molar-refractivity contribution in [2.24, 2.45) is 0 Å². The van der Waals surface area contributed by atoms with Gasteiger partial charge in [0.2, 0.25) is 5.91 Å². The number of hydrogen-bond donors (Lipinski definition) is 2. The lowest BCUT2D eigenvalue weighted by Gasteiger charge is -2.31. The van der Waals surface area contributed by atoms with E-state index >= 15 is 0 Å². The van der Waals surface area contributed by atoms with E-state index in [4.69, 9.17) is 11.6 Å². The highest BCUT2D eigenvalue weighted by Gasteiger charge is 2.24. The number of amides is 2. The molecule has 0 aliphatic carbocycles. The molecule has 0 bridgehead atoms. The zero-order chi connectivity index (χ0) is 20.3. The predicted octanol–water partition coefficient (Wildman–Crippen LogP) is 2.69. The number of benzene rings is 1. The number of likely N-dealkylation sites (tertiary alicyclic amines) is 1. The third kappa shape index (κ3) is 4.56. The molecule has 0 atom stereocenters. The number of nitrogens with one attached hydrogen (secondary N) is 2. The van der Waals surface area contributed by atoms with Gasteiger partial charge in [-0.2, -0.15) is 0 Å². The van der Waals surface area contributed by atoms with E-state index in [0.717, 1.165) is 43.0 Å². The summed E-state index contributed by atoms with van der Waals surface area (Å²) < 4.78 is 2.05. The fourth-order valence-corrected chi connectivity index (χ4v) is 3.97. The van der Waals surface area contributed by atoms with Crippen LogP contribution < -0.4 is 10.6 Å². The molecule has 150 valence electrons. The summed E-state index contributed by atoms with van der Waals surface area (Å²) in [6.45, 7) is 5.97. The maximum absolute atomic E-state index is 12.9. The van der Waals surface area contributed by atoms with E-state index in [9.17, 15) is 9.59 Å². The monoisotopic (exact) mass is 402 g/mol. The van der Waals surface area contributed by atoms with Crippen molar-refractivity contribution >= 4 is 23.4 Å². The van der Waals surface area contributed by atoms with E-state index in [0.29, 0.717) is 17.1 Å². The summed E-state index contributed by atoms with van der Waals surface area (Å²) in [5.41, 5.74) is 3.52. The minimum Gasteiger partial charge on any atom is -0.358 e. The lowest BCUT2D eigenvalue weighted by Crippen LogP contribution is -2.47. The number of likely N-dealkylation sites (N-methyl/N-ethyl adjacent to an activating group) is 1. The summed E-state index contributed by atoms with van der Waals surface area (Å²) >= 11 is 6.13. The van der Waals surface area contributed by atoms with Gasteiger partial charge in [-0.05, 0) is 51.0 Å². The molecule has 0 unspecified atom stereocenters. The van der Waals surface area contributed by atoms with Crippen molar-refractivity contribution in [3.05, 3.63) is 52.3 Å². The lowest BCUT2D eigenvalue weighted by atomic mass is 10.0. The number of rotatable bonds is 5. The second-order valence-corrected chi connectivity index (χ2v) is 7.73. The highest BCUT2D eigenvalue weighted by molar-refractivity contribution is 6.30. The highest BCUT2D eigenvalue weighted by Crippen LogP contribution is 2.23. The lowest BCUT2D eigenvalue weighted by molar-refractivity contribution is -0.122. The van der Waals surface area contributed by atoms with Crippen molar-refractivity contribution in [3.8, 4) is 5.69 Å². The molecule has 1 saturated heterocycles. The topological polar surface area (TPSA) is 66.4 Å². The summed E-state index contributed by atoms with van der Waals surface area (Å²) in [6.07, 6.45) is 1.69. The molecular weight excluding hydrogens is 376 g/mol. The molecule has 0 radical (unpaired) electrons. The summed E-state index contributed by atoms with van der Waals surface area (Å²) in [5.74, 6) is -0.0259. The van der Waals surface area contributed by atoms with Crippen molar-refractivity contribution in [2.45, 2.75) is 32.7 Å². The molecule has 6 nitrogen and oxygen atoms in total. The van der Waals surface area contributed by atoms with Crippen LogP contribution in [-0.2, 0) is 4.79 Å². The SMILES string of the molecule is CNC(=O)CN1CCC(NC(=O)c2cc(C)n(-c3cccc(Cl)c3)c2C)CC1.